The lowest BCUT2D eigenvalue weighted by Crippen LogP contribution is -2.43. The molecular weight excluding hydrogens is 440 g/mol. The summed E-state index contributed by atoms with van der Waals surface area (Å²) in [6.07, 6.45) is 0.688. The van der Waals surface area contributed by atoms with E-state index in [1.165, 1.54) is 0 Å². The number of carbonyl (C=O) groups excluding carboxylic acids is 1. The first-order valence-corrected chi connectivity index (χ1v) is 11.2. The van der Waals surface area contributed by atoms with Crippen LogP contribution in [0.1, 0.15) is 29.7 Å². The van der Waals surface area contributed by atoms with Gasteiger partial charge in [-0.05, 0) is 72.5 Å². The van der Waals surface area contributed by atoms with Crippen LogP contribution in [0.5, 0.6) is 17.2 Å². The van der Waals surface area contributed by atoms with Gasteiger partial charge >= 0.3 is 6.03 Å². The highest BCUT2D eigenvalue weighted by Crippen LogP contribution is 2.42. The fourth-order valence-corrected chi connectivity index (χ4v) is 4.43. The Balaban J connectivity index is 1.71. The Morgan fingerprint density at radius 1 is 1.03 bits per heavy atom. The summed E-state index contributed by atoms with van der Waals surface area (Å²) in [5.74, 6) is 2.04. The van der Waals surface area contributed by atoms with E-state index < -0.39 is 0 Å². The average molecular weight is 467 g/mol. The molecule has 1 heterocycles. The number of methoxy groups -OCH3 is 2. The lowest BCUT2D eigenvalue weighted by Gasteiger charge is -2.38. The maximum atomic E-state index is 13.4. The molecule has 1 aliphatic rings. The van der Waals surface area contributed by atoms with Crippen molar-refractivity contribution in [3.05, 3.63) is 82.4 Å². The SMILES string of the molecule is CCOc1ccc(NC(=O)N2CCc3cc(OC)c(OC)cc3[C@H]2c2ccccc2Cl)cc1. The standard InChI is InChI=1S/C26H27ClN2O4/c1-4-33-19-11-9-18(10-12-19)28-26(30)29-14-13-17-15-23(31-2)24(32-3)16-21(17)25(29)20-7-5-6-8-22(20)27/h5-12,15-16,25H,4,13-14H2,1-3H3,(H,28,30)/t25-/m1/s1. The Morgan fingerprint density at radius 2 is 1.73 bits per heavy atom. The minimum Gasteiger partial charge on any atom is -0.494 e. The van der Waals surface area contributed by atoms with Crippen LogP contribution in [-0.4, -0.2) is 38.3 Å². The molecule has 2 amide bonds. The predicted molar refractivity (Wildman–Crippen MR) is 130 cm³/mol. The molecule has 3 aromatic rings. The monoisotopic (exact) mass is 466 g/mol. The van der Waals surface area contributed by atoms with Crippen LogP contribution in [0.25, 0.3) is 0 Å². The number of benzene rings is 3. The topological polar surface area (TPSA) is 60.0 Å². The van der Waals surface area contributed by atoms with Gasteiger partial charge in [0.25, 0.3) is 0 Å². The number of ether oxygens (including phenoxy) is 3. The lowest BCUT2D eigenvalue weighted by atomic mass is 9.87. The van der Waals surface area contributed by atoms with Crippen LogP contribution in [0, 0.1) is 0 Å². The van der Waals surface area contributed by atoms with Crippen molar-refractivity contribution in [3.8, 4) is 17.2 Å². The van der Waals surface area contributed by atoms with Gasteiger partial charge in [0.15, 0.2) is 11.5 Å². The predicted octanol–water partition coefficient (Wildman–Crippen LogP) is 5.94. The molecule has 1 N–H and O–H groups in total. The van der Waals surface area contributed by atoms with Crippen molar-refractivity contribution >= 4 is 23.3 Å². The zero-order chi connectivity index (χ0) is 23.4. The number of halogens is 1. The molecule has 7 heteroatoms. The van der Waals surface area contributed by atoms with Crippen molar-refractivity contribution in [1.29, 1.82) is 0 Å². The van der Waals surface area contributed by atoms with Crippen LogP contribution in [0.3, 0.4) is 0 Å². The van der Waals surface area contributed by atoms with Gasteiger partial charge < -0.3 is 24.4 Å². The van der Waals surface area contributed by atoms with Gasteiger partial charge in [0, 0.05) is 17.3 Å². The zero-order valence-electron chi connectivity index (χ0n) is 18.9. The number of hydrogen-bond donors (Lipinski definition) is 1. The van der Waals surface area contributed by atoms with E-state index in [0.717, 1.165) is 22.4 Å². The molecule has 0 unspecified atom stereocenters. The van der Waals surface area contributed by atoms with E-state index in [1.807, 2.05) is 72.5 Å². The van der Waals surface area contributed by atoms with Crippen LogP contribution >= 0.6 is 11.6 Å². The normalized spacial score (nSPS) is 14.9. The number of nitrogens with zero attached hydrogens (tertiary/aromatic N) is 1. The summed E-state index contributed by atoms with van der Waals surface area (Å²) in [5.41, 5.74) is 3.62. The van der Waals surface area contributed by atoms with E-state index in [4.69, 9.17) is 25.8 Å². The van der Waals surface area contributed by atoms with Crippen molar-refractivity contribution in [2.24, 2.45) is 0 Å². The highest BCUT2D eigenvalue weighted by molar-refractivity contribution is 6.31. The average Bonchev–Trinajstić information content (AvgIpc) is 2.84. The van der Waals surface area contributed by atoms with Gasteiger partial charge in [-0.1, -0.05) is 29.8 Å². The molecule has 0 aromatic heterocycles. The van der Waals surface area contributed by atoms with Crippen LogP contribution in [0.4, 0.5) is 10.5 Å². The van der Waals surface area contributed by atoms with E-state index in [2.05, 4.69) is 5.32 Å². The quantitative estimate of drug-likeness (QED) is 0.488. The highest BCUT2D eigenvalue weighted by Gasteiger charge is 2.34. The molecule has 0 aliphatic carbocycles. The summed E-state index contributed by atoms with van der Waals surface area (Å²) in [5, 5.41) is 3.62. The van der Waals surface area contributed by atoms with Crippen LogP contribution in [0.2, 0.25) is 5.02 Å². The second-order valence-electron chi connectivity index (χ2n) is 7.66. The molecule has 0 spiro atoms. The molecular formula is C26H27ClN2O4. The van der Waals surface area contributed by atoms with E-state index in [9.17, 15) is 4.79 Å². The maximum absolute atomic E-state index is 13.4. The molecule has 33 heavy (non-hydrogen) atoms. The Morgan fingerprint density at radius 3 is 2.39 bits per heavy atom. The molecule has 0 radical (unpaired) electrons. The lowest BCUT2D eigenvalue weighted by molar-refractivity contribution is 0.193. The summed E-state index contributed by atoms with van der Waals surface area (Å²) >= 11 is 6.61. The van der Waals surface area contributed by atoms with Crippen molar-refractivity contribution in [1.82, 2.24) is 4.90 Å². The molecule has 1 aliphatic heterocycles. The smallest absolute Gasteiger partial charge is 0.322 e. The van der Waals surface area contributed by atoms with Crippen LogP contribution in [0.15, 0.2) is 60.7 Å². The minimum absolute atomic E-state index is 0.204. The Bertz CT molecular complexity index is 1130. The summed E-state index contributed by atoms with van der Waals surface area (Å²) in [7, 11) is 3.23. The largest absolute Gasteiger partial charge is 0.494 e. The Hall–Kier alpha value is -3.38. The third-order valence-corrected chi connectivity index (χ3v) is 6.10. The van der Waals surface area contributed by atoms with E-state index in [0.29, 0.717) is 41.8 Å². The van der Waals surface area contributed by atoms with Crippen molar-refractivity contribution in [3.63, 3.8) is 0 Å². The fourth-order valence-electron chi connectivity index (χ4n) is 4.19. The summed E-state index contributed by atoms with van der Waals surface area (Å²) in [6.45, 7) is 3.05. The number of rotatable bonds is 6. The molecule has 3 aromatic carbocycles. The number of anilines is 1. The maximum Gasteiger partial charge on any atom is 0.322 e. The van der Waals surface area contributed by atoms with Crippen molar-refractivity contribution < 1.29 is 19.0 Å². The summed E-state index contributed by atoms with van der Waals surface area (Å²) in [4.78, 5) is 15.3. The number of amides is 2. The number of carbonyl (C=O) groups is 1. The molecule has 1 atom stereocenters. The zero-order valence-corrected chi connectivity index (χ0v) is 19.7. The first-order valence-electron chi connectivity index (χ1n) is 10.9. The Kier molecular flexibility index (Phi) is 6.94. The minimum atomic E-state index is -0.370. The highest BCUT2D eigenvalue weighted by atomic mass is 35.5. The Labute approximate surface area is 199 Å². The molecule has 0 bridgehead atoms. The van der Waals surface area contributed by atoms with Crippen molar-refractivity contribution in [2.75, 3.05) is 32.7 Å². The number of hydrogen-bond acceptors (Lipinski definition) is 4. The fraction of sp³-hybridized carbons (Fsp3) is 0.269. The van der Waals surface area contributed by atoms with Crippen molar-refractivity contribution in [2.45, 2.75) is 19.4 Å². The molecule has 0 saturated carbocycles. The first-order chi connectivity index (χ1) is 16.0. The van der Waals surface area contributed by atoms with Crippen LogP contribution in [-0.2, 0) is 6.42 Å². The second kappa shape index (κ2) is 10.0. The summed E-state index contributed by atoms with van der Waals surface area (Å²) in [6, 6.07) is 18.3. The second-order valence-corrected chi connectivity index (χ2v) is 8.07. The van der Waals surface area contributed by atoms with Crippen LogP contribution < -0.4 is 19.5 Å². The molecule has 4 rings (SSSR count). The number of nitrogens with one attached hydrogen (secondary N) is 1. The van der Waals surface area contributed by atoms with Gasteiger partial charge in [-0.2, -0.15) is 0 Å². The third-order valence-electron chi connectivity index (χ3n) is 5.75. The molecule has 0 saturated heterocycles. The van der Waals surface area contributed by atoms with Gasteiger partial charge in [-0.15, -0.1) is 0 Å². The summed E-state index contributed by atoms with van der Waals surface area (Å²) < 4.78 is 16.5. The van der Waals surface area contributed by atoms with E-state index >= 15 is 0 Å². The van der Waals surface area contributed by atoms with E-state index in [1.54, 1.807) is 14.2 Å². The van der Waals surface area contributed by atoms with Gasteiger partial charge in [-0.3, -0.25) is 0 Å². The third kappa shape index (κ3) is 4.71. The van der Waals surface area contributed by atoms with Gasteiger partial charge in [-0.25, -0.2) is 4.79 Å². The van der Waals surface area contributed by atoms with Gasteiger partial charge in [0.1, 0.15) is 5.75 Å². The van der Waals surface area contributed by atoms with Gasteiger partial charge in [0.05, 0.1) is 26.9 Å². The number of urea groups is 1. The molecule has 0 fully saturated rings. The molecule has 6 nitrogen and oxygen atoms in total. The van der Waals surface area contributed by atoms with Gasteiger partial charge in [0.2, 0.25) is 0 Å². The first kappa shape index (κ1) is 22.8. The molecule has 172 valence electrons. The number of fused-ring (bicyclic) bond motifs is 1. The van der Waals surface area contributed by atoms with E-state index in [-0.39, 0.29) is 12.1 Å².